The van der Waals surface area contributed by atoms with Crippen molar-refractivity contribution in [3.8, 4) is 0 Å². The van der Waals surface area contributed by atoms with Crippen molar-refractivity contribution in [1.29, 1.82) is 0 Å². The fourth-order valence-electron chi connectivity index (χ4n) is 2.21. The largest absolute Gasteiger partial charge is 0.366 e. The summed E-state index contributed by atoms with van der Waals surface area (Å²) in [5, 5.41) is 11.7. The molecule has 0 saturated carbocycles. The molecule has 1 aromatic rings. The molecule has 1 aromatic carbocycles. The van der Waals surface area contributed by atoms with E-state index < -0.39 is 15.7 Å². The van der Waals surface area contributed by atoms with Crippen molar-refractivity contribution in [3.05, 3.63) is 41.4 Å². The molecule has 6 nitrogen and oxygen atoms in total. The van der Waals surface area contributed by atoms with Crippen molar-refractivity contribution < 1.29 is 13.5 Å². The van der Waals surface area contributed by atoms with Gasteiger partial charge in [-0.2, -0.15) is 0 Å². The van der Waals surface area contributed by atoms with Gasteiger partial charge in [0.2, 0.25) is 10.0 Å². The number of aliphatic hydroxyl groups is 1. The van der Waals surface area contributed by atoms with Crippen molar-refractivity contribution in [2.75, 3.05) is 26.4 Å². The number of nitrogens with one attached hydrogen (secondary N) is 1. The van der Waals surface area contributed by atoms with Crippen LogP contribution in [0.5, 0.6) is 0 Å². The maximum Gasteiger partial charge on any atom is 0.242 e. The highest BCUT2D eigenvalue weighted by Crippen LogP contribution is 2.39. The molecule has 1 aliphatic rings. The van der Waals surface area contributed by atoms with Gasteiger partial charge in [-0.1, -0.05) is 35.5 Å². The quantitative estimate of drug-likeness (QED) is 0.764. The summed E-state index contributed by atoms with van der Waals surface area (Å²) in [5.41, 5.74) is -0.901. The third kappa shape index (κ3) is 3.41. The van der Waals surface area contributed by atoms with Crippen LogP contribution in [0.2, 0.25) is 5.02 Å². The van der Waals surface area contributed by atoms with E-state index in [1.165, 1.54) is 30.0 Å². The number of aliphatic imine (C=N–C) groups is 1. The number of nitrogens with zero attached hydrogens (tertiary/aromatic N) is 2. The summed E-state index contributed by atoms with van der Waals surface area (Å²) in [6, 6.07) is 4.48. The predicted octanol–water partition coefficient (Wildman–Crippen LogP) is 1.61. The third-order valence-electron chi connectivity index (χ3n) is 3.54. The number of halogens is 1. The number of hydrogen-bond acceptors (Lipinski definition) is 5. The van der Waals surface area contributed by atoms with E-state index in [0.29, 0.717) is 16.5 Å². The lowest BCUT2D eigenvalue weighted by molar-refractivity contribution is -0.0349. The van der Waals surface area contributed by atoms with Crippen LogP contribution in [0.4, 0.5) is 0 Å². The summed E-state index contributed by atoms with van der Waals surface area (Å²) in [6.45, 7) is 3.57. The first-order valence-electron chi connectivity index (χ1n) is 6.72. The molecule has 0 aromatic heterocycles. The maximum atomic E-state index is 12.3. The molecule has 2 N–H and O–H groups in total. The standard InChI is InChI=1S/C14H18ClN3O3S2/c1-4-7-17-23(20,21)12-8-10(5-6-11(12)15)14(19)9-22-13(16-2)18(14)3/h4-6,8,17,19H,1,7,9H2,2-3H3. The van der Waals surface area contributed by atoms with Gasteiger partial charge in [0.25, 0.3) is 0 Å². The van der Waals surface area contributed by atoms with E-state index in [9.17, 15) is 13.5 Å². The molecule has 1 atom stereocenters. The minimum Gasteiger partial charge on any atom is -0.366 e. The molecule has 0 radical (unpaired) electrons. The molecular weight excluding hydrogens is 358 g/mol. The Bertz CT molecular complexity index is 752. The van der Waals surface area contributed by atoms with Crippen LogP contribution in [0.25, 0.3) is 0 Å². The first-order valence-corrected chi connectivity index (χ1v) is 9.57. The SMILES string of the molecule is C=CCNS(=O)(=O)c1cc(C2(O)CSC(=NC)N2C)ccc1Cl. The zero-order valence-electron chi connectivity index (χ0n) is 12.8. The molecule has 23 heavy (non-hydrogen) atoms. The molecule has 0 aliphatic carbocycles. The van der Waals surface area contributed by atoms with Crippen LogP contribution < -0.4 is 4.72 Å². The highest BCUT2D eigenvalue weighted by Gasteiger charge is 2.43. The Morgan fingerprint density at radius 2 is 2.30 bits per heavy atom. The highest BCUT2D eigenvalue weighted by molar-refractivity contribution is 8.14. The first-order chi connectivity index (χ1) is 10.8. The fourth-order valence-corrected chi connectivity index (χ4v) is 4.90. The van der Waals surface area contributed by atoms with E-state index >= 15 is 0 Å². The molecule has 1 saturated heterocycles. The molecule has 0 amide bonds. The van der Waals surface area contributed by atoms with Gasteiger partial charge in [-0.25, -0.2) is 13.1 Å². The maximum absolute atomic E-state index is 12.3. The monoisotopic (exact) mass is 375 g/mol. The van der Waals surface area contributed by atoms with Gasteiger partial charge in [0.05, 0.1) is 10.8 Å². The molecule has 1 fully saturated rings. The lowest BCUT2D eigenvalue weighted by atomic mass is 10.0. The molecule has 9 heteroatoms. The summed E-state index contributed by atoms with van der Waals surface area (Å²) >= 11 is 7.43. The molecule has 1 unspecified atom stereocenters. The minimum absolute atomic E-state index is 0.0766. The van der Waals surface area contributed by atoms with Crippen LogP contribution in [-0.2, 0) is 15.7 Å². The van der Waals surface area contributed by atoms with Gasteiger partial charge >= 0.3 is 0 Å². The van der Waals surface area contributed by atoms with Crippen LogP contribution in [0.1, 0.15) is 5.56 Å². The van der Waals surface area contributed by atoms with Crippen molar-refractivity contribution in [1.82, 2.24) is 9.62 Å². The third-order valence-corrected chi connectivity index (χ3v) is 6.70. The topological polar surface area (TPSA) is 82.0 Å². The highest BCUT2D eigenvalue weighted by atomic mass is 35.5. The van der Waals surface area contributed by atoms with Crippen LogP contribution >= 0.6 is 23.4 Å². The van der Waals surface area contributed by atoms with E-state index in [0.717, 1.165) is 0 Å². The average molecular weight is 376 g/mol. The summed E-state index contributed by atoms with van der Waals surface area (Å²) in [5.74, 6) is 0.345. The smallest absolute Gasteiger partial charge is 0.242 e. The molecule has 0 bridgehead atoms. The lowest BCUT2D eigenvalue weighted by Gasteiger charge is -2.31. The summed E-state index contributed by atoms with van der Waals surface area (Å²) < 4.78 is 27.0. The molecule has 0 spiro atoms. The number of benzene rings is 1. The Morgan fingerprint density at radius 3 is 2.87 bits per heavy atom. The van der Waals surface area contributed by atoms with Gasteiger partial charge in [-0.15, -0.1) is 6.58 Å². The zero-order valence-corrected chi connectivity index (χ0v) is 15.2. The first kappa shape index (κ1) is 18.3. The molecule has 2 rings (SSSR count). The van der Waals surface area contributed by atoms with Crippen LogP contribution in [0.3, 0.4) is 0 Å². The molecule has 126 valence electrons. The van der Waals surface area contributed by atoms with Gasteiger partial charge < -0.3 is 10.0 Å². The van der Waals surface area contributed by atoms with E-state index in [1.807, 2.05) is 0 Å². The minimum atomic E-state index is -3.79. The van der Waals surface area contributed by atoms with Gasteiger partial charge in [0, 0.05) is 26.2 Å². The van der Waals surface area contributed by atoms with Crippen LogP contribution in [0.15, 0.2) is 40.7 Å². The Balaban J connectivity index is 2.48. The summed E-state index contributed by atoms with van der Waals surface area (Å²) in [6.07, 6.45) is 1.44. The lowest BCUT2D eigenvalue weighted by Crippen LogP contribution is -2.42. The number of hydrogen-bond donors (Lipinski definition) is 2. The van der Waals surface area contributed by atoms with Crippen LogP contribution in [-0.4, -0.2) is 50.0 Å². The normalized spacial score (nSPS) is 23.5. The van der Waals surface area contributed by atoms with Crippen molar-refractivity contribution in [3.63, 3.8) is 0 Å². The second-order valence-corrected chi connectivity index (χ2v) is 8.04. The summed E-state index contributed by atoms with van der Waals surface area (Å²) in [4.78, 5) is 5.64. The van der Waals surface area contributed by atoms with E-state index in [4.69, 9.17) is 11.6 Å². The van der Waals surface area contributed by atoms with Crippen molar-refractivity contribution in [2.45, 2.75) is 10.6 Å². The number of amidine groups is 1. The van der Waals surface area contributed by atoms with Crippen molar-refractivity contribution >= 4 is 38.6 Å². The predicted molar refractivity (Wildman–Crippen MR) is 94.3 cm³/mol. The van der Waals surface area contributed by atoms with Gasteiger partial charge in [0.15, 0.2) is 10.9 Å². The molecular formula is C14H18ClN3O3S2. The second-order valence-electron chi connectivity index (χ2n) is 4.96. The molecule has 1 aliphatic heterocycles. The van der Waals surface area contributed by atoms with Gasteiger partial charge in [-0.05, 0) is 12.1 Å². The number of rotatable bonds is 5. The van der Waals surface area contributed by atoms with Gasteiger partial charge in [0.1, 0.15) is 4.90 Å². The second kappa shape index (κ2) is 6.82. The fraction of sp³-hybridized carbons (Fsp3) is 0.357. The van der Waals surface area contributed by atoms with E-state index in [1.54, 1.807) is 25.1 Å². The van der Waals surface area contributed by atoms with Crippen LogP contribution in [0, 0.1) is 0 Å². The zero-order chi connectivity index (χ0) is 17.3. The average Bonchev–Trinajstić information content (AvgIpc) is 2.82. The van der Waals surface area contributed by atoms with Crippen molar-refractivity contribution in [2.24, 2.45) is 4.99 Å². The Labute approximate surface area is 145 Å². The van der Waals surface area contributed by atoms with Gasteiger partial charge in [-0.3, -0.25) is 4.99 Å². The summed E-state index contributed by atoms with van der Waals surface area (Å²) in [7, 11) is -0.439. The van der Waals surface area contributed by atoms with E-state index in [-0.39, 0.29) is 16.5 Å². The number of sulfonamides is 1. The Hall–Kier alpha value is -1.06. The molecule has 1 heterocycles. The Morgan fingerprint density at radius 1 is 1.61 bits per heavy atom. The Kier molecular flexibility index (Phi) is 5.42. The van der Waals surface area contributed by atoms with E-state index in [2.05, 4.69) is 16.3 Å². The number of thioether (sulfide) groups is 1.